The fraction of sp³-hybridized carbons (Fsp3) is 0.227. The van der Waals surface area contributed by atoms with E-state index in [0.29, 0.717) is 33.3 Å². The van der Waals surface area contributed by atoms with Gasteiger partial charge in [0, 0.05) is 46.5 Å². The summed E-state index contributed by atoms with van der Waals surface area (Å²) in [4.78, 5) is 17.8. The highest BCUT2D eigenvalue weighted by molar-refractivity contribution is 7.92. The van der Waals surface area contributed by atoms with Crippen LogP contribution in [0.1, 0.15) is 13.8 Å². The lowest BCUT2D eigenvalue weighted by molar-refractivity contribution is 0.483. The summed E-state index contributed by atoms with van der Waals surface area (Å²) in [5.74, 6) is 0.473. The molecule has 30 heavy (non-hydrogen) atoms. The zero-order valence-corrected chi connectivity index (χ0v) is 17.8. The van der Waals surface area contributed by atoms with E-state index in [9.17, 15) is 13.2 Å². The maximum Gasteiger partial charge on any atom is 0.229 e. The number of nitrogens with one attached hydrogen (secondary N) is 1. The fourth-order valence-electron chi connectivity index (χ4n) is 3.42. The van der Waals surface area contributed by atoms with Crippen molar-refractivity contribution in [3.63, 3.8) is 0 Å². The van der Waals surface area contributed by atoms with Crippen molar-refractivity contribution in [2.75, 3.05) is 11.0 Å². The Bertz CT molecular complexity index is 1430. The van der Waals surface area contributed by atoms with Gasteiger partial charge in [0.05, 0.1) is 18.0 Å². The zero-order valence-electron chi connectivity index (χ0n) is 17.0. The molecular weight excluding hydrogens is 400 g/mol. The molecule has 0 amide bonds. The van der Waals surface area contributed by atoms with Crippen LogP contribution in [0.15, 0.2) is 59.8 Å². The Morgan fingerprint density at radius 3 is 2.53 bits per heavy atom. The smallest absolute Gasteiger partial charge is 0.229 e. The van der Waals surface area contributed by atoms with Gasteiger partial charge < -0.3 is 0 Å². The minimum atomic E-state index is -3.44. The van der Waals surface area contributed by atoms with Crippen LogP contribution in [0.4, 0.5) is 5.69 Å². The highest BCUT2D eigenvalue weighted by Gasteiger charge is 2.10. The van der Waals surface area contributed by atoms with Crippen molar-refractivity contribution in [2.24, 2.45) is 5.92 Å². The summed E-state index contributed by atoms with van der Waals surface area (Å²) >= 11 is 0. The SMILES string of the molecule is CC(C)Cn1cc(-c2cnc3ccc4ccc(NS(C)(=O)=O)cc4c(=O)c3c2)cn1. The van der Waals surface area contributed by atoms with Gasteiger partial charge in [0.1, 0.15) is 0 Å². The van der Waals surface area contributed by atoms with Crippen LogP contribution in [0, 0.1) is 5.92 Å². The number of nitrogens with zero attached hydrogens (tertiary/aromatic N) is 3. The molecule has 7 nitrogen and oxygen atoms in total. The van der Waals surface area contributed by atoms with E-state index in [4.69, 9.17) is 0 Å². The van der Waals surface area contributed by atoms with Gasteiger partial charge >= 0.3 is 0 Å². The van der Waals surface area contributed by atoms with E-state index >= 15 is 0 Å². The van der Waals surface area contributed by atoms with Gasteiger partial charge in [-0.2, -0.15) is 5.10 Å². The first-order valence-electron chi connectivity index (χ1n) is 9.57. The van der Waals surface area contributed by atoms with Crippen LogP contribution in [0.2, 0.25) is 0 Å². The Kier molecular flexibility index (Phi) is 5.03. The highest BCUT2D eigenvalue weighted by atomic mass is 32.2. The highest BCUT2D eigenvalue weighted by Crippen LogP contribution is 2.23. The molecule has 0 radical (unpaired) electrons. The van der Waals surface area contributed by atoms with Crippen molar-refractivity contribution in [3.8, 4) is 11.1 Å². The molecule has 4 aromatic rings. The molecule has 8 heteroatoms. The maximum atomic E-state index is 13.3. The third kappa shape index (κ3) is 4.18. The van der Waals surface area contributed by atoms with Gasteiger partial charge in [0.15, 0.2) is 5.43 Å². The summed E-state index contributed by atoms with van der Waals surface area (Å²) in [7, 11) is -3.44. The van der Waals surface area contributed by atoms with E-state index in [2.05, 4.69) is 28.7 Å². The third-order valence-corrected chi connectivity index (χ3v) is 5.31. The van der Waals surface area contributed by atoms with Gasteiger partial charge in [-0.3, -0.25) is 19.2 Å². The zero-order chi connectivity index (χ0) is 21.5. The second-order valence-electron chi connectivity index (χ2n) is 7.84. The number of rotatable bonds is 5. The number of sulfonamides is 1. The molecule has 0 fully saturated rings. The van der Waals surface area contributed by atoms with Gasteiger partial charge in [-0.25, -0.2) is 8.42 Å². The minimum Gasteiger partial charge on any atom is -0.289 e. The average molecular weight is 423 g/mol. The number of fused-ring (bicyclic) bond motifs is 2. The molecule has 0 aliphatic carbocycles. The van der Waals surface area contributed by atoms with Crippen molar-refractivity contribution in [1.82, 2.24) is 14.8 Å². The number of hydrogen-bond acceptors (Lipinski definition) is 5. The molecule has 0 aliphatic rings. The average Bonchev–Trinajstić information content (AvgIpc) is 3.07. The molecular formula is C22H22N4O3S. The second kappa shape index (κ2) is 7.53. The summed E-state index contributed by atoms with van der Waals surface area (Å²) in [6.07, 6.45) is 6.53. The van der Waals surface area contributed by atoms with Crippen LogP contribution in [0.3, 0.4) is 0 Å². The second-order valence-corrected chi connectivity index (χ2v) is 9.59. The fourth-order valence-corrected chi connectivity index (χ4v) is 3.98. The van der Waals surface area contributed by atoms with Crippen molar-refractivity contribution in [2.45, 2.75) is 20.4 Å². The Morgan fingerprint density at radius 2 is 1.80 bits per heavy atom. The monoisotopic (exact) mass is 422 g/mol. The van der Waals surface area contributed by atoms with Gasteiger partial charge in [-0.15, -0.1) is 0 Å². The van der Waals surface area contributed by atoms with Crippen LogP contribution < -0.4 is 10.2 Å². The largest absolute Gasteiger partial charge is 0.289 e. The Morgan fingerprint density at radius 1 is 1.03 bits per heavy atom. The van der Waals surface area contributed by atoms with Crippen molar-refractivity contribution in [3.05, 3.63) is 65.2 Å². The summed E-state index contributed by atoms with van der Waals surface area (Å²) in [6, 6.07) is 10.4. The van der Waals surface area contributed by atoms with E-state index < -0.39 is 10.0 Å². The van der Waals surface area contributed by atoms with Crippen LogP contribution in [-0.2, 0) is 16.6 Å². The van der Waals surface area contributed by atoms with E-state index in [-0.39, 0.29) is 5.43 Å². The quantitative estimate of drug-likeness (QED) is 0.530. The Balaban J connectivity index is 1.87. The summed E-state index contributed by atoms with van der Waals surface area (Å²) in [5, 5.41) is 5.99. The van der Waals surface area contributed by atoms with Crippen molar-refractivity contribution in [1.29, 1.82) is 0 Å². The first kappa shape index (κ1) is 20.0. The van der Waals surface area contributed by atoms with Crippen LogP contribution in [-0.4, -0.2) is 29.4 Å². The molecule has 0 spiro atoms. The molecule has 4 rings (SSSR count). The Hall–Kier alpha value is -3.26. The first-order chi connectivity index (χ1) is 14.2. The summed E-state index contributed by atoms with van der Waals surface area (Å²) < 4.78 is 27.4. The number of aromatic nitrogens is 3. The number of hydrogen-bond donors (Lipinski definition) is 1. The predicted molar refractivity (Wildman–Crippen MR) is 120 cm³/mol. The van der Waals surface area contributed by atoms with Gasteiger partial charge in [-0.1, -0.05) is 26.0 Å². The van der Waals surface area contributed by atoms with Gasteiger partial charge in [0.25, 0.3) is 0 Å². The summed E-state index contributed by atoms with van der Waals surface area (Å²) in [6.45, 7) is 5.06. The molecule has 2 aromatic carbocycles. The topological polar surface area (TPSA) is 94.0 Å². The molecule has 0 aliphatic heterocycles. The molecule has 2 heterocycles. The molecule has 1 N–H and O–H groups in total. The Labute approximate surface area is 174 Å². The van der Waals surface area contributed by atoms with Crippen LogP contribution >= 0.6 is 0 Å². The molecule has 0 bridgehead atoms. The lowest BCUT2D eigenvalue weighted by Crippen LogP contribution is -2.10. The van der Waals surface area contributed by atoms with E-state index in [1.807, 2.05) is 23.0 Å². The maximum absolute atomic E-state index is 13.3. The number of pyridine rings is 1. The third-order valence-electron chi connectivity index (χ3n) is 4.70. The summed E-state index contributed by atoms with van der Waals surface area (Å²) in [5.41, 5.74) is 2.41. The standard InChI is InChI=1S/C22H22N4O3S/c1-14(2)12-26-13-17(11-24-26)16-8-20-21(23-10-16)7-5-15-4-6-18(25-30(3,28)29)9-19(15)22(20)27/h4-11,13-14,25H,12H2,1-3H3. The van der Waals surface area contributed by atoms with Gasteiger partial charge in [0.2, 0.25) is 10.0 Å². The van der Waals surface area contributed by atoms with E-state index in [1.165, 1.54) is 0 Å². The van der Waals surface area contributed by atoms with Gasteiger partial charge in [-0.05, 0) is 35.6 Å². The lowest BCUT2D eigenvalue weighted by Gasteiger charge is -2.04. The molecule has 0 atom stereocenters. The molecule has 2 aromatic heterocycles. The van der Waals surface area contributed by atoms with Crippen molar-refractivity contribution < 1.29 is 8.42 Å². The van der Waals surface area contributed by atoms with Crippen LogP contribution in [0.5, 0.6) is 0 Å². The predicted octanol–water partition coefficient (Wildman–Crippen LogP) is 3.64. The first-order valence-corrected chi connectivity index (χ1v) is 11.5. The molecule has 0 saturated heterocycles. The molecule has 154 valence electrons. The van der Waals surface area contributed by atoms with E-state index in [1.54, 1.807) is 36.7 Å². The van der Waals surface area contributed by atoms with Crippen LogP contribution in [0.25, 0.3) is 32.8 Å². The lowest BCUT2D eigenvalue weighted by atomic mass is 10.1. The number of benzene rings is 1. The molecule has 0 saturated carbocycles. The van der Waals surface area contributed by atoms with Crippen molar-refractivity contribution >= 4 is 37.4 Å². The normalized spacial score (nSPS) is 12.0. The minimum absolute atomic E-state index is 0.203. The molecule has 0 unspecified atom stereocenters. The number of anilines is 1. The van der Waals surface area contributed by atoms with E-state index in [0.717, 1.165) is 23.9 Å².